The van der Waals surface area contributed by atoms with Crippen LogP contribution in [0.25, 0.3) is 0 Å². The second-order valence-corrected chi connectivity index (χ2v) is 7.14. The van der Waals surface area contributed by atoms with Gasteiger partial charge in [-0.2, -0.15) is 0 Å². The molecule has 0 aromatic heterocycles. The Morgan fingerprint density at radius 3 is 2.30 bits per heavy atom. The predicted octanol–water partition coefficient (Wildman–Crippen LogP) is 2.93. The van der Waals surface area contributed by atoms with Gasteiger partial charge in [-0.1, -0.05) is 30.3 Å². The first-order valence-corrected chi connectivity index (χ1v) is 9.12. The van der Waals surface area contributed by atoms with Crippen molar-refractivity contribution in [2.24, 2.45) is 0 Å². The predicted molar refractivity (Wildman–Crippen MR) is 90.3 cm³/mol. The van der Waals surface area contributed by atoms with Gasteiger partial charge in [-0.05, 0) is 48.6 Å². The van der Waals surface area contributed by atoms with Crippen LogP contribution in [0.2, 0.25) is 0 Å². The van der Waals surface area contributed by atoms with Crippen LogP contribution in [0.4, 0.5) is 5.69 Å². The van der Waals surface area contributed by atoms with Crippen molar-refractivity contribution in [1.82, 2.24) is 0 Å². The van der Waals surface area contributed by atoms with E-state index < -0.39 is 16.0 Å². The van der Waals surface area contributed by atoms with Gasteiger partial charge in [0.2, 0.25) is 10.0 Å². The highest BCUT2D eigenvalue weighted by molar-refractivity contribution is 7.92. The molecule has 122 valence electrons. The zero-order valence-electron chi connectivity index (χ0n) is 12.8. The van der Waals surface area contributed by atoms with E-state index in [1.807, 2.05) is 24.3 Å². The van der Waals surface area contributed by atoms with Gasteiger partial charge in [0, 0.05) is 0 Å². The molecule has 0 saturated carbocycles. The van der Waals surface area contributed by atoms with Crippen LogP contribution in [0.3, 0.4) is 0 Å². The van der Waals surface area contributed by atoms with Gasteiger partial charge < -0.3 is 5.11 Å². The van der Waals surface area contributed by atoms with Gasteiger partial charge in [0.1, 0.15) is 0 Å². The Bertz CT molecular complexity index is 782. The zero-order valence-corrected chi connectivity index (χ0v) is 13.6. The van der Waals surface area contributed by atoms with Crippen molar-refractivity contribution in [3.63, 3.8) is 0 Å². The third-order valence-corrected chi connectivity index (χ3v) is 4.02. The van der Waals surface area contributed by atoms with Crippen LogP contribution >= 0.6 is 0 Å². The van der Waals surface area contributed by atoms with Gasteiger partial charge in [-0.15, -0.1) is 0 Å². The molecule has 0 bridgehead atoms. The summed E-state index contributed by atoms with van der Waals surface area (Å²) in [5, 5.41) is 8.87. The molecule has 6 heteroatoms. The fourth-order valence-corrected chi connectivity index (χ4v) is 2.93. The van der Waals surface area contributed by atoms with Crippen molar-refractivity contribution in [3.8, 4) is 0 Å². The molecule has 0 radical (unpaired) electrons. The van der Waals surface area contributed by atoms with E-state index in [0.29, 0.717) is 5.69 Å². The Morgan fingerprint density at radius 2 is 1.70 bits per heavy atom. The summed E-state index contributed by atoms with van der Waals surface area (Å²) in [6, 6.07) is 14.1. The van der Waals surface area contributed by atoms with Crippen LogP contribution < -0.4 is 4.72 Å². The molecule has 2 N–H and O–H groups in total. The van der Waals surface area contributed by atoms with Crippen molar-refractivity contribution in [2.45, 2.75) is 19.3 Å². The maximum atomic E-state index is 11.4. The highest BCUT2D eigenvalue weighted by atomic mass is 32.2. The van der Waals surface area contributed by atoms with Gasteiger partial charge in [-0.25, -0.2) is 13.2 Å². The van der Waals surface area contributed by atoms with Gasteiger partial charge in [0.05, 0.1) is 17.5 Å². The number of benzene rings is 2. The molecule has 0 saturated heterocycles. The molecule has 0 unspecified atom stereocenters. The Morgan fingerprint density at radius 1 is 1.04 bits per heavy atom. The first-order chi connectivity index (χ1) is 10.8. The largest absolute Gasteiger partial charge is 0.478 e. The molecule has 2 rings (SSSR count). The molecule has 0 spiro atoms. The van der Waals surface area contributed by atoms with Gasteiger partial charge in [0.25, 0.3) is 0 Å². The number of carboxylic acids is 1. The molecule has 0 aliphatic heterocycles. The van der Waals surface area contributed by atoms with E-state index in [4.69, 9.17) is 5.11 Å². The van der Waals surface area contributed by atoms with Gasteiger partial charge in [0.15, 0.2) is 0 Å². The standard InChI is InChI=1S/C17H19NO4S/c1-23(21,22)18-16-8-3-2-6-14(16)7-4-5-13-9-11-15(12-10-13)17(19)20/h2-3,6,8-12,18H,4-5,7H2,1H3,(H,19,20). The quantitative estimate of drug-likeness (QED) is 0.816. The van der Waals surface area contributed by atoms with Crippen LogP contribution in [0.5, 0.6) is 0 Å². The number of hydrogen-bond donors (Lipinski definition) is 2. The lowest BCUT2D eigenvalue weighted by Gasteiger charge is -2.10. The number of anilines is 1. The van der Waals surface area contributed by atoms with E-state index in [1.165, 1.54) is 0 Å². The van der Waals surface area contributed by atoms with Crippen molar-refractivity contribution in [1.29, 1.82) is 0 Å². The number of carbonyl (C=O) groups is 1. The van der Waals surface area contributed by atoms with E-state index in [2.05, 4.69) is 4.72 Å². The highest BCUT2D eigenvalue weighted by Crippen LogP contribution is 2.19. The minimum atomic E-state index is -3.30. The van der Waals surface area contributed by atoms with Crippen LogP contribution in [-0.4, -0.2) is 25.7 Å². The zero-order chi connectivity index (χ0) is 16.9. The summed E-state index contributed by atoms with van der Waals surface area (Å²) >= 11 is 0. The number of hydrogen-bond acceptors (Lipinski definition) is 3. The molecule has 0 aliphatic carbocycles. The lowest BCUT2D eigenvalue weighted by atomic mass is 10.0. The average Bonchev–Trinajstić information content (AvgIpc) is 2.48. The number of aromatic carboxylic acids is 1. The molecule has 0 aliphatic rings. The summed E-state index contributed by atoms with van der Waals surface area (Å²) < 4.78 is 25.3. The molecule has 23 heavy (non-hydrogen) atoms. The van der Waals surface area contributed by atoms with E-state index in [9.17, 15) is 13.2 Å². The molecule has 0 atom stereocenters. The number of sulfonamides is 1. The Balaban J connectivity index is 1.97. The maximum Gasteiger partial charge on any atom is 0.335 e. The fraction of sp³-hybridized carbons (Fsp3) is 0.235. The Kier molecular flexibility index (Phi) is 5.39. The average molecular weight is 333 g/mol. The minimum absolute atomic E-state index is 0.274. The lowest BCUT2D eigenvalue weighted by Crippen LogP contribution is -2.11. The topological polar surface area (TPSA) is 83.5 Å². The molecule has 0 heterocycles. The lowest BCUT2D eigenvalue weighted by molar-refractivity contribution is 0.0697. The number of carboxylic acid groups (broad SMARTS) is 1. The first kappa shape index (κ1) is 17.0. The van der Waals surface area contributed by atoms with Crippen molar-refractivity contribution in [3.05, 3.63) is 65.2 Å². The smallest absolute Gasteiger partial charge is 0.335 e. The summed E-state index contributed by atoms with van der Waals surface area (Å²) in [6.07, 6.45) is 3.51. The van der Waals surface area contributed by atoms with Crippen molar-refractivity contribution >= 4 is 21.7 Å². The summed E-state index contributed by atoms with van der Waals surface area (Å²) in [6.45, 7) is 0. The normalized spacial score (nSPS) is 11.2. The molecular formula is C17H19NO4S. The van der Waals surface area contributed by atoms with E-state index in [1.54, 1.807) is 24.3 Å². The number of nitrogens with one attached hydrogen (secondary N) is 1. The summed E-state index contributed by atoms with van der Waals surface area (Å²) in [5.41, 5.74) is 2.89. The molecular weight excluding hydrogens is 314 g/mol. The van der Waals surface area contributed by atoms with Crippen LogP contribution in [-0.2, 0) is 22.9 Å². The van der Waals surface area contributed by atoms with Crippen LogP contribution in [0, 0.1) is 0 Å². The molecule has 2 aromatic carbocycles. The highest BCUT2D eigenvalue weighted by Gasteiger charge is 2.07. The third kappa shape index (κ3) is 5.41. The monoisotopic (exact) mass is 333 g/mol. The van der Waals surface area contributed by atoms with Crippen LogP contribution in [0.15, 0.2) is 48.5 Å². The Labute approximate surface area is 136 Å². The second-order valence-electron chi connectivity index (χ2n) is 5.39. The number of para-hydroxylation sites is 1. The summed E-state index contributed by atoms with van der Waals surface area (Å²) in [4.78, 5) is 10.8. The molecule has 0 amide bonds. The van der Waals surface area contributed by atoms with E-state index >= 15 is 0 Å². The Hall–Kier alpha value is -2.34. The first-order valence-electron chi connectivity index (χ1n) is 7.23. The number of rotatable bonds is 7. The summed E-state index contributed by atoms with van der Waals surface area (Å²) in [7, 11) is -3.30. The third-order valence-electron chi connectivity index (χ3n) is 3.43. The molecule has 2 aromatic rings. The van der Waals surface area contributed by atoms with Crippen molar-refractivity contribution in [2.75, 3.05) is 11.0 Å². The van der Waals surface area contributed by atoms with E-state index in [-0.39, 0.29) is 5.56 Å². The fourth-order valence-electron chi connectivity index (χ4n) is 2.33. The molecule has 5 nitrogen and oxygen atoms in total. The van der Waals surface area contributed by atoms with Gasteiger partial charge in [-0.3, -0.25) is 4.72 Å². The summed E-state index contributed by atoms with van der Waals surface area (Å²) in [5.74, 6) is -0.933. The SMILES string of the molecule is CS(=O)(=O)Nc1ccccc1CCCc1ccc(C(=O)O)cc1. The van der Waals surface area contributed by atoms with Gasteiger partial charge >= 0.3 is 5.97 Å². The van der Waals surface area contributed by atoms with E-state index in [0.717, 1.165) is 36.6 Å². The van der Waals surface area contributed by atoms with Crippen LogP contribution in [0.1, 0.15) is 27.9 Å². The number of aryl methyl sites for hydroxylation is 2. The second kappa shape index (κ2) is 7.28. The molecule has 0 fully saturated rings. The maximum absolute atomic E-state index is 11.4. The van der Waals surface area contributed by atoms with Crippen molar-refractivity contribution < 1.29 is 18.3 Å². The minimum Gasteiger partial charge on any atom is -0.478 e.